The second-order valence-electron chi connectivity index (χ2n) is 6.06. The Balaban J connectivity index is 1.79. The van der Waals surface area contributed by atoms with Gasteiger partial charge in [0.15, 0.2) is 5.82 Å². The highest BCUT2D eigenvalue weighted by Gasteiger charge is 2.27. The summed E-state index contributed by atoms with van der Waals surface area (Å²) in [7, 11) is 1.57. The van der Waals surface area contributed by atoms with Gasteiger partial charge < -0.3 is 19.9 Å². The molecule has 1 aliphatic rings. The smallest absolute Gasteiger partial charge is 0.231 e. The molecule has 3 heterocycles. The van der Waals surface area contributed by atoms with Crippen LogP contribution in [0.3, 0.4) is 0 Å². The minimum absolute atomic E-state index is 0.200. The molecule has 124 valence electrons. The lowest BCUT2D eigenvalue weighted by molar-refractivity contribution is 0.329. The molecule has 0 aromatic carbocycles. The van der Waals surface area contributed by atoms with Gasteiger partial charge in [0.1, 0.15) is 5.82 Å². The number of aromatic nitrogens is 4. The van der Waals surface area contributed by atoms with Crippen LogP contribution in [0.4, 0.5) is 11.8 Å². The third-order valence-corrected chi connectivity index (χ3v) is 3.98. The maximum atomic E-state index is 5.75. The zero-order chi connectivity index (χ0) is 16.4. The van der Waals surface area contributed by atoms with Gasteiger partial charge in [-0.15, -0.1) is 0 Å². The lowest BCUT2D eigenvalue weighted by atomic mass is 9.98. The van der Waals surface area contributed by atoms with E-state index in [0.717, 1.165) is 37.6 Å². The molecule has 0 amide bonds. The highest BCUT2D eigenvalue weighted by molar-refractivity contribution is 5.46. The van der Waals surface area contributed by atoms with Crippen LogP contribution in [0.5, 0.6) is 5.88 Å². The van der Waals surface area contributed by atoms with E-state index in [1.165, 1.54) is 0 Å². The zero-order valence-corrected chi connectivity index (χ0v) is 13.7. The van der Waals surface area contributed by atoms with Gasteiger partial charge in [-0.25, -0.2) is 0 Å². The molecule has 0 spiro atoms. The predicted octanol–water partition coefficient (Wildman–Crippen LogP) is 1.96. The van der Waals surface area contributed by atoms with Crippen LogP contribution in [0.25, 0.3) is 0 Å². The Morgan fingerprint density at radius 3 is 2.87 bits per heavy atom. The molecule has 1 aliphatic heterocycles. The van der Waals surface area contributed by atoms with Crippen LogP contribution in [0.2, 0.25) is 0 Å². The van der Waals surface area contributed by atoms with Gasteiger partial charge in [0, 0.05) is 25.1 Å². The van der Waals surface area contributed by atoms with Gasteiger partial charge in [-0.2, -0.15) is 15.0 Å². The van der Waals surface area contributed by atoms with Crippen LogP contribution in [0, 0.1) is 0 Å². The fourth-order valence-electron chi connectivity index (χ4n) is 2.73. The first-order chi connectivity index (χ1) is 11.1. The van der Waals surface area contributed by atoms with Crippen molar-refractivity contribution < 1.29 is 9.26 Å². The first-order valence-electron chi connectivity index (χ1n) is 7.83. The highest BCUT2D eigenvalue weighted by Crippen LogP contribution is 2.30. The molecule has 0 aliphatic carbocycles. The van der Waals surface area contributed by atoms with Gasteiger partial charge in [0.25, 0.3) is 0 Å². The average molecular weight is 318 g/mol. The second-order valence-corrected chi connectivity index (χ2v) is 6.06. The van der Waals surface area contributed by atoms with Crippen molar-refractivity contribution in [2.75, 3.05) is 30.8 Å². The van der Waals surface area contributed by atoms with Crippen LogP contribution in [0.1, 0.15) is 50.2 Å². The van der Waals surface area contributed by atoms with Gasteiger partial charge >= 0.3 is 0 Å². The summed E-state index contributed by atoms with van der Waals surface area (Å²) in [5.41, 5.74) is 5.75. The summed E-state index contributed by atoms with van der Waals surface area (Å²) >= 11 is 0. The van der Waals surface area contributed by atoms with E-state index in [2.05, 4.69) is 38.9 Å². The van der Waals surface area contributed by atoms with Gasteiger partial charge in [0.2, 0.25) is 17.7 Å². The molecular formula is C15H22N6O2. The molecule has 2 aromatic rings. The monoisotopic (exact) mass is 318 g/mol. The third-order valence-electron chi connectivity index (χ3n) is 3.98. The number of methoxy groups -OCH3 is 1. The van der Waals surface area contributed by atoms with Crippen LogP contribution in [-0.2, 0) is 0 Å². The molecule has 0 saturated carbocycles. The number of nitrogens with two attached hydrogens (primary N) is 1. The average Bonchev–Trinajstić information content (AvgIpc) is 3.04. The molecule has 1 saturated heterocycles. The third kappa shape index (κ3) is 3.35. The standard InChI is InChI=1S/C15H22N6O2/c1-9(2)13-19-14(23-20-13)10-5-4-6-21(8-10)11-7-12(22-3)18-15(16)17-11/h7,9-10H,4-6,8H2,1-3H3,(H2,16,17,18)/t10-/m0/s1. The minimum atomic E-state index is 0.200. The quantitative estimate of drug-likeness (QED) is 0.912. The lowest BCUT2D eigenvalue weighted by Gasteiger charge is -2.31. The van der Waals surface area contributed by atoms with E-state index >= 15 is 0 Å². The fourth-order valence-corrected chi connectivity index (χ4v) is 2.73. The number of anilines is 2. The van der Waals surface area contributed by atoms with Crippen molar-refractivity contribution >= 4 is 11.8 Å². The number of hydrogen-bond donors (Lipinski definition) is 1. The Hall–Kier alpha value is -2.38. The van der Waals surface area contributed by atoms with Crippen molar-refractivity contribution in [1.29, 1.82) is 0 Å². The van der Waals surface area contributed by atoms with Crippen molar-refractivity contribution in [2.45, 2.75) is 38.5 Å². The molecule has 2 aromatic heterocycles. The van der Waals surface area contributed by atoms with E-state index < -0.39 is 0 Å². The summed E-state index contributed by atoms with van der Waals surface area (Å²) in [5, 5.41) is 4.06. The van der Waals surface area contributed by atoms with E-state index in [1.54, 1.807) is 13.2 Å². The van der Waals surface area contributed by atoms with E-state index in [1.807, 2.05) is 0 Å². The molecule has 23 heavy (non-hydrogen) atoms. The Labute approximate surface area is 135 Å². The van der Waals surface area contributed by atoms with E-state index in [9.17, 15) is 0 Å². The Bertz CT molecular complexity index is 672. The number of nitrogen functional groups attached to an aromatic ring is 1. The van der Waals surface area contributed by atoms with Crippen molar-refractivity contribution in [2.24, 2.45) is 0 Å². The number of rotatable bonds is 4. The van der Waals surface area contributed by atoms with Crippen LogP contribution in [-0.4, -0.2) is 40.3 Å². The minimum Gasteiger partial charge on any atom is -0.481 e. The largest absolute Gasteiger partial charge is 0.481 e. The van der Waals surface area contributed by atoms with Gasteiger partial charge in [0.05, 0.1) is 13.0 Å². The Kier molecular flexibility index (Phi) is 4.31. The molecule has 2 N–H and O–H groups in total. The first-order valence-corrected chi connectivity index (χ1v) is 7.83. The molecule has 0 radical (unpaired) electrons. The molecule has 3 rings (SSSR count). The summed E-state index contributed by atoms with van der Waals surface area (Å²) < 4.78 is 10.6. The van der Waals surface area contributed by atoms with Crippen molar-refractivity contribution in [3.8, 4) is 5.88 Å². The van der Waals surface area contributed by atoms with Crippen molar-refractivity contribution in [1.82, 2.24) is 20.1 Å². The maximum absolute atomic E-state index is 5.75. The summed E-state index contributed by atoms with van der Waals surface area (Å²) in [5.74, 6) is 3.36. The molecule has 8 nitrogen and oxygen atoms in total. The number of ether oxygens (including phenoxy) is 1. The number of hydrogen-bond acceptors (Lipinski definition) is 8. The molecule has 8 heteroatoms. The molecular weight excluding hydrogens is 296 g/mol. The summed E-state index contributed by atoms with van der Waals surface area (Å²) in [6.07, 6.45) is 2.05. The van der Waals surface area contributed by atoms with Crippen LogP contribution in [0.15, 0.2) is 10.6 Å². The van der Waals surface area contributed by atoms with Crippen LogP contribution >= 0.6 is 0 Å². The van der Waals surface area contributed by atoms with E-state index in [-0.39, 0.29) is 17.8 Å². The molecule has 0 bridgehead atoms. The van der Waals surface area contributed by atoms with Gasteiger partial charge in [-0.1, -0.05) is 19.0 Å². The Morgan fingerprint density at radius 1 is 1.35 bits per heavy atom. The lowest BCUT2D eigenvalue weighted by Crippen LogP contribution is -2.35. The van der Waals surface area contributed by atoms with E-state index in [4.69, 9.17) is 15.0 Å². The van der Waals surface area contributed by atoms with Crippen molar-refractivity contribution in [3.05, 3.63) is 17.8 Å². The second kappa shape index (κ2) is 6.39. The van der Waals surface area contributed by atoms with Crippen molar-refractivity contribution in [3.63, 3.8) is 0 Å². The predicted molar refractivity (Wildman–Crippen MR) is 85.6 cm³/mol. The van der Waals surface area contributed by atoms with E-state index in [0.29, 0.717) is 11.8 Å². The van der Waals surface area contributed by atoms with Crippen LogP contribution < -0.4 is 15.4 Å². The van der Waals surface area contributed by atoms with Gasteiger partial charge in [-0.3, -0.25) is 0 Å². The molecule has 1 fully saturated rings. The molecule has 1 atom stereocenters. The van der Waals surface area contributed by atoms with Gasteiger partial charge in [-0.05, 0) is 12.8 Å². The topological polar surface area (TPSA) is 103 Å². The SMILES string of the molecule is COc1cc(N2CCC[C@H](c3nc(C(C)C)no3)C2)nc(N)n1. The number of piperidine rings is 1. The Morgan fingerprint density at radius 2 is 2.17 bits per heavy atom. The zero-order valence-electron chi connectivity index (χ0n) is 13.7. The summed E-state index contributed by atoms with van der Waals surface area (Å²) in [6.45, 7) is 5.77. The maximum Gasteiger partial charge on any atom is 0.231 e. The number of nitrogens with zero attached hydrogens (tertiary/aromatic N) is 5. The first kappa shape index (κ1) is 15.5. The fraction of sp³-hybridized carbons (Fsp3) is 0.600. The summed E-state index contributed by atoms with van der Waals surface area (Å²) in [6, 6.07) is 1.80. The highest BCUT2D eigenvalue weighted by atomic mass is 16.5. The normalized spacial score (nSPS) is 18.4. The summed E-state index contributed by atoms with van der Waals surface area (Å²) in [4.78, 5) is 15.0. The molecule has 0 unspecified atom stereocenters.